The molecule has 8 heteroatoms. The van der Waals surface area contributed by atoms with Crippen molar-refractivity contribution in [3.63, 3.8) is 0 Å². The molecule has 110 valence electrons. The van der Waals surface area contributed by atoms with Gasteiger partial charge >= 0.3 is 6.18 Å². The van der Waals surface area contributed by atoms with Crippen LogP contribution in [0.4, 0.5) is 24.7 Å². The number of halogens is 3. The Morgan fingerprint density at radius 2 is 1.90 bits per heavy atom. The maximum absolute atomic E-state index is 12.7. The fourth-order valence-corrected chi connectivity index (χ4v) is 1.72. The third-order valence-corrected chi connectivity index (χ3v) is 2.62. The Bertz CT molecular complexity index is 668. The molecule has 0 saturated heterocycles. The summed E-state index contributed by atoms with van der Waals surface area (Å²) in [6, 6.07) is 5.98. The minimum atomic E-state index is -4.50. The predicted octanol–water partition coefficient (Wildman–Crippen LogP) is 2.70. The molecular weight excluding hydrogens is 285 g/mol. The standard InChI is InChI=1S/C13H11F3N4O/c1-7(21)18-11-6-8(13(14,15)16)2-3-9(11)10-4-5-12(17)20-19-10/h2-6H,1H3,(H2,17,20)(H,18,21). The molecule has 0 aliphatic carbocycles. The number of alkyl halides is 3. The number of amides is 1. The summed E-state index contributed by atoms with van der Waals surface area (Å²) in [5.41, 5.74) is 5.19. The first-order valence-corrected chi connectivity index (χ1v) is 5.86. The number of nitrogens with one attached hydrogen (secondary N) is 1. The molecule has 21 heavy (non-hydrogen) atoms. The van der Waals surface area contributed by atoms with E-state index in [0.29, 0.717) is 11.3 Å². The lowest BCUT2D eigenvalue weighted by Crippen LogP contribution is -2.11. The zero-order valence-corrected chi connectivity index (χ0v) is 10.9. The minimum Gasteiger partial charge on any atom is -0.382 e. The van der Waals surface area contributed by atoms with Crippen molar-refractivity contribution < 1.29 is 18.0 Å². The second-order valence-electron chi connectivity index (χ2n) is 4.28. The van der Waals surface area contributed by atoms with Crippen LogP contribution in [0.3, 0.4) is 0 Å². The summed E-state index contributed by atoms with van der Waals surface area (Å²) in [6.07, 6.45) is -4.50. The van der Waals surface area contributed by atoms with Gasteiger partial charge in [0, 0.05) is 12.5 Å². The summed E-state index contributed by atoms with van der Waals surface area (Å²) in [6.45, 7) is 1.21. The van der Waals surface area contributed by atoms with Crippen molar-refractivity contribution in [3.05, 3.63) is 35.9 Å². The highest BCUT2D eigenvalue weighted by Gasteiger charge is 2.31. The maximum atomic E-state index is 12.7. The average molecular weight is 296 g/mol. The molecule has 1 heterocycles. The van der Waals surface area contributed by atoms with E-state index in [2.05, 4.69) is 15.5 Å². The summed E-state index contributed by atoms with van der Waals surface area (Å²) in [5, 5.41) is 9.80. The van der Waals surface area contributed by atoms with E-state index >= 15 is 0 Å². The topological polar surface area (TPSA) is 80.9 Å². The zero-order chi connectivity index (χ0) is 15.6. The number of anilines is 2. The van der Waals surface area contributed by atoms with Crippen LogP contribution in [0.15, 0.2) is 30.3 Å². The molecule has 0 aliphatic rings. The van der Waals surface area contributed by atoms with E-state index in [4.69, 9.17) is 5.73 Å². The first kappa shape index (κ1) is 14.8. The number of hydrogen-bond acceptors (Lipinski definition) is 4. The molecule has 0 radical (unpaired) electrons. The predicted molar refractivity (Wildman–Crippen MR) is 71.2 cm³/mol. The van der Waals surface area contributed by atoms with E-state index in [1.54, 1.807) is 0 Å². The molecular formula is C13H11F3N4O. The van der Waals surface area contributed by atoms with Crippen LogP contribution >= 0.6 is 0 Å². The zero-order valence-electron chi connectivity index (χ0n) is 10.9. The molecule has 1 aromatic heterocycles. The van der Waals surface area contributed by atoms with Crippen LogP contribution in [0.2, 0.25) is 0 Å². The van der Waals surface area contributed by atoms with E-state index in [9.17, 15) is 18.0 Å². The van der Waals surface area contributed by atoms with Crippen LogP contribution in [0.25, 0.3) is 11.3 Å². The molecule has 2 rings (SSSR count). The summed E-state index contributed by atoms with van der Waals surface area (Å²) < 4.78 is 38.2. The molecule has 3 N–H and O–H groups in total. The lowest BCUT2D eigenvalue weighted by atomic mass is 10.1. The molecule has 5 nitrogen and oxygen atoms in total. The first-order valence-electron chi connectivity index (χ1n) is 5.86. The van der Waals surface area contributed by atoms with Gasteiger partial charge in [-0.05, 0) is 24.3 Å². The smallest absolute Gasteiger partial charge is 0.382 e. The van der Waals surface area contributed by atoms with Gasteiger partial charge in [-0.25, -0.2) is 0 Å². The van der Waals surface area contributed by atoms with Gasteiger partial charge in [-0.15, -0.1) is 10.2 Å². The second kappa shape index (κ2) is 5.39. The molecule has 0 saturated carbocycles. The molecule has 0 bridgehead atoms. The summed E-state index contributed by atoms with van der Waals surface area (Å²) in [4.78, 5) is 11.2. The van der Waals surface area contributed by atoms with Crippen LogP contribution in [-0.4, -0.2) is 16.1 Å². The number of rotatable bonds is 2. The number of nitrogens with zero attached hydrogens (tertiary/aromatic N) is 2. The number of nitrogen functional groups attached to an aromatic ring is 1. The molecule has 0 unspecified atom stereocenters. The van der Waals surface area contributed by atoms with Gasteiger partial charge in [0.2, 0.25) is 5.91 Å². The van der Waals surface area contributed by atoms with E-state index < -0.39 is 17.6 Å². The quantitative estimate of drug-likeness (QED) is 0.892. The van der Waals surface area contributed by atoms with Gasteiger partial charge in [-0.2, -0.15) is 13.2 Å². The van der Waals surface area contributed by atoms with Gasteiger partial charge in [0.25, 0.3) is 0 Å². The van der Waals surface area contributed by atoms with E-state index in [1.165, 1.54) is 25.1 Å². The number of benzene rings is 1. The second-order valence-corrected chi connectivity index (χ2v) is 4.28. The summed E-state index contributed by atoms with van der Waals surface area (Å²) in [5.74, 6) is -0.300. The maximum Gasteiger partial charge on any atom is 0.416 e. The Morgan fingerprint density at radius 3 is 2.43 bits per heavy atom. The van der Waals surface area contributed by atoms with Crippen molar-refractivity contribution >= 4 is 17.4 Å². The van der Waals surface area contributed by atoms with Crippen molar-refractivity contribution in [2.24, 2.45) is 0 Å². The molecule has 0 atom stereocenters. The number of carbonyl (C=O) groups is 1. The Labute approximate surface area is 118 Å². The van der Waals surface area contributed by atoms with Crippen LogP contribution in [0, 0.1) is 0 Å². The van der Waals surface area contributed by atoms with Gasteiger partial charge in [-0.3, -0.25) is 4.79 Å². The van der Waals surface area contributed by atoms with Crippen molar-refractivity contribution in [2.45, 2.75) is 13.1 Å². The number of hydrogen-bond donors (Lipinski definition) is 2. The first-order chi connectivity index (χ1) is 9.77. The van der Waals surface area contributed by atoms with E-state index in [-0.39, 0.29) is 11.5 Å². The summed E-state index contributed by atoms with van der Waals surface area (Å²) in [7, 11) is 0. The SMILES string of the molecule is CC(=O)Nc1cc(C(F)(F)F)ccc1-c1ccc(N)nn1. The van der Waals surface area contributed by atoms with Crippen molar-refractivity contribution in [2.75, 3.05) is 11.1 Å². The largest absolute Gasteiger partial charge is 0.416 e. The third-order valence-electron chi connectivity index (χ3n) is 2.62. The van der Waals surface area contributed by atoms with Crippen LogP contribution < -0.4 is 11.1 Å². The molecule has 0 spiro atoms. The number of carbonyl (C=O) groups excluding carboxylic acids is 1. The van der Waals surface area contributed by atoms with Gasteiger partial charge in [-0.1, -0.05) is 6.07 Å². The number of nitrogens with two attached hydrogens (primary N) is 1. The lowest BCUT2D eigenvalue weighted by Gasteiger charge is -2.13. The highest BCUT2D eigenvalue weighted by molar-refractivity contribution is 5.93. The van der Waals surface area contributed by atoms with Crippen LogP contribution in [-0.2, 0) is 11.0 Å². The van der Waals surface area contributed by atoms with Gasteiger partial charge in [0.05, 0.1) is 16.9 Å². The Kier molecular flexibility index (Phi) is 3.79. The van der Waals surface area contributed by atoms with E-state index in [1.807, 2.05) is 0 Å². The summed E-state index contributed by atoms with van der Waals surface area (Å²) >= 11 is 0. The Morgan fingerprint density at radius 1 is 1.19 bits per heavy atom. The Hall–Kier alpha value is -2.64. The molecule has 0 aliphatic heterocycles. The van der Waals surface area contributed by atoms with Crippen LogP contribution in [0.1, 0.15) is 12.5 Å². The fourth-order valence-electron chi connectivity index (χ4n) is 1.72. The van der Waals surface area contributed by atoms with Crippen molar-refractivity contribution in [1.29, 1.82) is 0 Å². The van der Waals surface area contributed by atoms with Crippen LogP contribution in [0.5, 0.6) is 0 Å². The highest BCUT2D eigenvalue weighted by atomic mass is 19.4. The van der Waals surface area contributed by atoms with Gasteiger partial charge < -0.3 is 11.1 Å². The molecule has 1 amide bonds. The Balaban J connectivity index is 2.54. The van der Waals surface area contributed by atoms with Gasteiger partial charge in [0.15, 0.2) is 0 Å². The average Bonchev–Trinajstić information content (AvgIpc) is 2.38. The molecule has 1 aromatic carbocycles. The molecule has 0 fully saturated rings. The van der Waals surface area contributed by atoms with Crippen molar-refractivity contribution in [3.8, 4) is 11.3 Å². The highest BCUT2D eigenvalue weighted by Crippen LogP contribution is 2.35. The number of aromatic nitrogens is 2. The normalized spacial score (nSPS) is 11.2. The molecule has 2 aromatic rings. The third kappa shape index (κ3) is 3.47. The minimum absolute atomic E-state index is 0.0106. The van der Waals surface area contributed by atoms with Gasteiger partial charge in [0.1, 0.15) is 5.82 Å². The monoisotopic (exact) mass is 296 g/mol. The lowest BCUT2D eigenvalue weighted by molar-refractivity contribution is -0.137. The van der Waals surface area contributed by atoms with E-state index in [0.717, 1.165) is 12.1 Å². The fraction of sp³-hybridized carbons (Fsp3) is 0.154. The van der Waals surface area contributed by atoms with Crippen molar-refractivity contribution in [1.82, 2.24) is 10.2 Å².